The minimum Gasteiger partial charge on any atom is -0.394 e. The van der Waals surface area contributed by atoms with E-state index >= 15 is 0 Å². The molecule has 0 unspecified atom stereocenters. The van der Waals surface area contributed by atoms with E-state index in [2.05, 4.69) is 0 Å². The minimum atomic E-state index is -1.69. The van der Waals surface area contributed by atoms with Crippen LogP contribution in [-0.2, 0) is 4.79 Å². The van der Waals surface area contributed by atoms with Gasteiger partial charge in [0.1, 0.15) is 6.10 Å². The largest absolute Gasteiger partial charge is 0.394 e. The summed E-state index contributed by atoms with van der Waals surface area (Å²) in [5, 5.41) is 35.4. The summed E-state index contributed by atoms with van der Waals surface area (Å²) in [5.41, 5.74) is 0. The summed E-state index contributed by atoms with van der Waals surface area (Å²) in [6.07, 6.45) is -2.67. The molecule has 0 aromatic rings. The number of aldehydes is 1. The molecule has 0 aliphatic heterocycles. The molecule has 0 fully saturated rings. The summed E-state index contributed by atoms with van der Waals surface area (Å²) in [5.74, 6) is 0. The molecule has 3 atom stereocenters. The van der Waals surface area contributed by atoms with Crippen molar-refractivity contribution in [1.29, 1.82) is 0 Å². The first-order valence-corrected chi connectivity index (χ1v) is 4.35. The Kier molecular flexibility index (Phi) is 5.18. The number of rotatable bonds is 5. The Morgan fingerprint density at radius 3 is 2.25 bits per heavy atom. The molecule has 6 heteroatoms. The molecule has 0 spiro atoms. The summed E-state index contributed by atoms with van der Waals surface area (Å²) in [7, 11) is 0. The fourth-order valence-electron chi connectivity index (χ4n) is 0.599. The predicted octanol–water partition coefficient (Wildman–Crippen LogP) is -1.59. The van der Waals surface area contributed by atoms with E-state index < -0.39 is 22.4 Å². The Balaban J connectivity index is 3.98. The highest BCUT2D eigenvalue weighted by molar-refractivity contribution is 14.1. The second-order valence-electron chi connectivity index (χ2n) is 2.46. The predicted molar refractivity (Wildman–Crippen MR) is 48.8 cm³/mol. The van der Waals surface area contributed by atoms with Crippen LogP contribution < -0.4 is 0 Å². The number of aliphatic hydroxyl groups excluding tert-OH is 3. The lowest BCUT2D eigenvalue weighted by molar-refractivity contribution is -0.119. The standard InChI is InChI=1S/C6H11IO5/c7-6(12,3-9)1-4(10)5(11)2-8/h3-5,8,10-12H,1-2H2/t4-,5+,6+/m0/s1. The Morgan fingerprint density at radius 1 is 1.42 bits per heavy atom. The van der Waals surface area contributed by atoms with Crippen molar-refractivity contribution in [3.05, 3.63) is 0 Å². The molecule has 0 radical (unpaired) electrons. The lowest BCUT2D eigenvalue weighted by atomic mass is 10.1. The van der Waals surface area contributed by atoms with E-state index in [4.69, 9.17) is 20.4 Å². The van der Waals surface area contributed by atoms with Crippen LogP contribution in [0.1, 0.15) is 6.42 Å². The van der Waals surface area contributed by atoms with Gasteiger partial charge in [0.05, 0.1) is 12.7 Å². The van der Waals surface area contributed by atoms with Gasteiger partial charge in [-0.2, -0.15) is 0 Å². The van der Waals surface area contributed by atoms with E-state index in [1.807, 2.05) is 0 Å². The van der Waals surface area contributed by atoms with E-state index in [9.17, 15) is 4.79 Å². The van der Waals surface area contributed by atoms with Gasteiger partial charge < -0.3 is 20.4 Å². The normalized spacial score (nSPS) is 21.1. The van der Waals surface area contributed by atoms with Gasteiger partial charge in [-0.3, -0.25) is 4.79 Å². The van der Waals surface area contributed by atoms with Gasteiger partial charge in [-0.1, -0.05) is 0 Å². The highest BCUT2D eigenvalue weighted by atomic mass is 127. The van der Waals surface area contributed by atoms with E-state index in [1.54, 1.807) is 0 Å². The zero-order chi connectivity index (χ0) is 9.78. The first kappa shape index (κ1) is 12.2. The van der Waals surface area contributed by atoms with Gasteiger partial charge in [-0.15, -0.1) is 0 Å². The molecule has 0 saturated heterocycles. The van der Waals surface area contributed by atoms with Gasteiger partial charge >= 0.3 is 0 Å². The number of aliphatic hydroxyl groups is 4. The van der Waals surface area contributed by atoms with Crippen LogP contribution in [0.3, 0.4) is 0 Å². The quantitative estimate of drug-likeness (QED) is 0.278. The van der Waals surface area contributed by atoms with Crippen molar-refractivity contribution < 1.29 is 25.2 Å². The van der Waals surface area contributed by atoms with Crippen LogP contribution in [0.5, 0.6) is 0 Å². The maximum atomic E-state index is 10.2. The third kappa shape index (κ3) is 4.31. The molecule has 0 saturated carbocycles. The zero-order valence-corrected chi connectivity index (χ0v) is 8.38. The fraction of sp³-hybridized carbons (Fsp3) is 0.833. The topological polar surface area (TPSA) is 98.0 Å². The van der Waals surface area contributed by atoms with Crippen molar-refractivity contribution in [2.45, 2.75) is 22.2 Å². The van der Waals surface area contributed by atoms with E-state index in [1.165, 1.54) is 22.6 Å². The number of carbonyl (C=O) groups is 1. The van der Waals surface area contributed by atoms with Crippen molar-refractivity contribution in [3.8, 4) is 0 Å². The molecule has 5 nitrogen and oxygen atoms in total. The average Bonchev–Trinajstić information content (AvgIpc) is 2.02. The molecule has 0 aliphatic rings. The van der Waals surface area contributed by atoms with Gasteiger partial charge in [-0.25, -0.2) is 0 Å². The van der Waals surface area contributed by atoms with Crippen LogP contribution in [-0.4, -0.2) is 49.1 Å². The van der Waals surface area contributed by atoms with Crippen molar-refractivity contribution in [3.63, 3.8) is 0 Å². The zero-order valence-electron chi connectivity index (χ0n) is 6.22. The van der Waals surface area contributed by atoms with Gasteiger partial charge in [0, 0.05) is 6.42 Å². The van der Waals surface area contributed by atoms with Crippen molar-refractivity contribution in [2.24, 2.45) is 0 Å². The molecule has 0 aromatic carbocycles. The highest BCUT2D eigenvalue weighted by Crippen LogP contribution is 2.19. The Hall–Kier alpha value is 0.240. The van der Waals surface area contributed by atoms with E-state index in [-0.39, 0.29) is 12.7 Å². The highest BCUT2D eigenvalue weighted by Gasteiger charge is 2.29. The SMILES string of the molecule is O=C[C@@](O)(I)C[C@H](O)[C@H](O)CO. The van der Waals surface area contributed by atoms with Gasteiger partial charge in [0.25, 0.3) is 0 Å². The van der Waals surface area contributed by atoms with Crippen LogP contribution in [0.4, 0.5) is 0 Å². The average molecular weight is 290 g/mol. The maximum Gasteiger partial charge on any atom is 0.173 e. The fourth-order valence-corrected chi connectivity index (χ4v) is 1.05. The summed E-state index contributed by atoms with van der Waals surface area (Å²) in [6, 6.07) is 0. The van der Waals surface area contributed by atoms with Crippen LogP contribution in [0.2, 0.25) is 0 Å². The lowest BCUT2D eigenvalue weighted by Crippen LogP contribution is -2.37. The third-order valence-corrected chi connectivity index (χ3v) is 2.00. The Labute approximate surface area is 83.2 Å². The molecular formula is C6H11IO5. The van der Waals surface area contributed by atoms with Crippen LogP contribution in [0, 0.1) is 0 Å². The van der Waals surface area contributed by atoms with Crippen molar-refractivity contribution in [1.82, 2.24) is 0 Å². The van der Waals surface area contributed by atoms with Gasteiger partial charge in [0.15, 0.2) is 9.89 Å². The molecule has 0 bridgehead atoms. The molecule has 0 heterocycles. The maximum absolute atomic E-state index is 10.2. The summed E-state index contributed by atoms with van der Waals surface area (Å²) >= 11 is 1.44. The molecule has 12 heavy (non-hydrogen) atoms. The number of alkyl halides is 1. The summed E-state index contributed by atoms with van der Waals surface area (Å²) in [6.45, 7) is -0.604. The molecule has 0 aliphatic carbocycles. The number of carbonyl (C=O) groups excluding carboxylic acids is 1. The van der Waals surface area contributed by atoms with Crippen LogP contribution in [0.15, 0.2) is 0 Å². The minimum absolute atomic E-state index is 0.265. The van der Waals surface area contributed by atoms with Gasteiger partial charge in [-0.05, 0) is 22.6 Å². The summed E-state index contributed by atoms with van der Waals surface area (Å²) in [4.78, 5) is 10.2. The number of hydrogen-bond donors (Lipinski definition) is 4. The first-order valence-electron chi connectivity index (χ1n) is 3.27. The Bertz CT molecular complexity index is 149. The number of halogens is 1. The molecular weight excluding hydrogens is 279 g/mol. The molecule has 0 rings (SSSR count). The summed E-state index contributed by atoms with van der Waals surface area (Å²) < 4.78 is -1.69. The van der Waals surface area contributed by atoms with E-state index in [0.717, 1.165) is 0 Å². The van der Waals surface area contributed by atoms with Crippen LogP contribution >= 0.6 is 22.6 Å². The molecule has 4 N–H and O–H groups in total. The first-order chi connectivity index (χ1) is 5.43. The second-order valence-corrected chi connectivity index (χ2v) is 4.33. The molecule has 0 amide bonds. The molecule has 72 valence electrons. The van der Waals surface area contributed by atoms with Crippen LogP contribution in [0.25, 0.3) is 0 Å². The van der Waals surface area contributed by atoms with E-state index in [0.29, 0.717) is 0 Å². The third-order valence-electron chi connectivity index (χ3n) is 1.31. The Morgan fingerprint density at radius 2 is 1.92 bits per heavy atom. The second kappa shape index (κ2) is 5.07. The van der Waals surface area contributed by atoms with Gasteiger partial charge in [0.2, 0.25) is 0 Å². The van der Waals surface area contributed by atoms with Crippen molar-refractivity contribution in [2.75, 3.05) is 6.61 Å². The monoisotopic (exact) mass is 290 g/mol. The molecule has 0 aromatic heterocycles. The smallest absolute Gasteiger partial charge is 0.173 e. The number of hydrogen-bond acceptors (Lipinski definition) is 5. The lowest BCUT2D eigenvalue weighted by Gasteiger charge is -2.21. The van der Waals surface area contributed by atoms with Crippen molar-refractivity contribution >= 4 is 28.9 Å².